The Morgan fingerprint density at radius 3 is 2.82 bits per heavy atom. The first-order valence-electron chi connectivity index (χ1n) is 6.94. The highest BCUT2D eigenvalue weighted by Gasteiger charge is 2.23. The van der Waals surface area contributed by atoms with Gasteiger partial charge in [0.1, 0.15) is 0 Å². The number of rotatable bonds is 5. The number of anilines is 1. The first kappa shape index (κ1) is 12.4. The number of fused-ring (bicyclic) bond motifs is 1. The van der Waals surface area contributed by atoms with Crippen LogP contribution in [0.25, 0.3) is 0 Å². The van der Waals surface area contributed by atoms with E-state index in [0.717, 1.165) is 6.54 Å². The molecule has 1 atom stereocenters. The zero-order valence-corrected chi connectivity index (χ0v) is 11.1. The maximum Gasteiger partial charge on any atom is 0.0414 e. The van der Waals surface area contributed by atoms with E-state index in [1.54, 1.807) is 0 Å². The van der Waals surface area contributed by atoms with Crippen LogP contribution < -0.4 is 10.2 Å². The highest BCUT2D eigenvalue weighted by molar-refractivity contribution is 5.56. The number of nitrogens with zero attached hydrogens (tertiary/aromatic N) is 1. The van der Waals surface area contributed by atoms with Crippen molar-refractivity contribution in [2.75, 3.05) is 24.5 Å². The van der Waals surface area contributed by atoms with Gasteiger partial charge in [0.05, 0.1) is 0 Å². The summed E-state index contributed by atoms with van der Waals surface area (Å²) < 4.78 is 0. The Bertz CT molecular complexity index is 349. The third-order valence-corrected chi connectivity index (χ3v) is 3.47. The second-order valence-corrected chi connectivity index (χ2v) is 4.84. The van der Waals surface area contributed by atoms with Crippen molar-refractivity contribution in [3.05, 3.63) is 29.8 Å². The molecule has 2 rings (SSSR count). The highest BCUT2D eigenvalue weighted by Crippen LogP contribution is 2.33. The third kappa shape index (κ3) is 2.81. The van der Waals surface area contributed by atoms with Gasteiger partial charge in [0.15, 0.2) is 0 Å². The Morgan fingerprint density at radius 1 is 1.24 bits per heavy atom. The number of benzene rings is 1. The van der Waals surface area contributed by atoms with E-state index in [9.17, 15) is 0 Å². The van der Waals surface area contributed by atoms with Gasteiger partial charge < -0.3 is 10.2 Å². The maximum atomic E-state index is 3.66. The predicted octanol–water partition coefficient (Wildman–Crippen LogP) is 3.35. The summed E-state index contributed by atoms with van der Waals surface area (Å²) in [6.07, 6.45) is 3.66. The summed E-state index contributed by atoms with van der Waals surface area (Å²) in [5.74, 6) is 0. The number of nitrogens with one attached hydrogen (secondary N) is 1. The van der Waals surface area contributed by atoms with E-state index < -0.39 is 0 Å². The van der Waals surface area contributed by atoms with E-state index in [4.69, 9.17) is 0 Å². The van der Waals surface area contributed by atoms with Gasteiger partial charge in [0.2, 0.25) is 0 Å². The molecule has 1 N–H and O–H groups in total. The van der Waals surface area contributed by atoms with Crippen LogP contribution in [0.4, 0.5) is 5.69 Å². The van der Waals surface area contributed by atoms with Gasteiger partial charge in [0.25, 0.3) is 0 Å². The van der Waals surface area contributed by atoms with Crippen molar-refractivity contribution >= 4 is 5.69 Å². The van der Waals surface area contributed by atoms with E-state index in [1.165, 1.54) is 43.6 Å². The lowest BCUT2D eigenvalue weighted by Crippen LogP contribution is -2.36. The van der Waals surface area contributed by atoms with Gasteiger partial charge >= 0.3 is 0 Å². The Balaban J connectivity index is 2.17. The first-order valence-corrected chi connectivity index (χ1v) is 6.94. The van der Waals surface area contributed by atoms with Crippen molar-refractivity contribution in [2.24, 2.45) is 0 Å². The minimum Gasteiger partial charge on any atom is -0.371 e. The lowest BCUT2D eigenvalue weighted by Gasteiger charge is -2.36. The average Bonchev–Trinajstić information content (AvgIpc) is 2.38. The molecule has 0 bridgehead atoms. The van der Waals surface area contributed by atoms with Crippen LogP contribution in [0.3, 0.4) is 0 Å². The van der Waals surface area contributed by atoms with Gasteiger partial charge in [-0.15, -0.1) is 0 Å². The molecule has 0 saturated carbocycles. The monoisotopic (exact) mass is 232 g/mol. The molecular weight excluding hydrogens is 208 g/mol. The van der Waals surface area contributed by atoms with Crippen LogP contribution in [0.1, 0.15) is 44.7 Å². The molecule has 1 aliphatic rings. The fourth-order valence-corrected chi connectivity index (χ4v) is 2.66. The average molecular weight is 232 g/mol. The summed E-state index contributed by atoms with van der Waals surface area (Å²) in [7, 11) is 0. The molecule has 0 spiro atoms. The summed E-state index contributed by atoms with van der Waals surface area (Å²) >= 11 is 0. The normalized spacial score (nSPS) is 19.2. The van der Waals surface area contributed by atoms with Crippen molar-refractivity contribution in [2.45, 2.75) is 39.2 Å². The molecule has 1 unspecified atom stereocenters. The molecule has 0 aromatic heterocycles. The van der Waals surface area contributed by atoms with Crippen molar-refractivity contribution < 1.29 is 0 Å². The van der Waals surface area contributed by atoms with Crippen LogP contribution >= 0.6 is 0 Å². The Morgan fingerprint density at radius 2 is 2.06 bits per heavy atom. The molecule has 1 heterocycles. The first-order chi connectivity index (χ1) is 8.36. The molecular formula is C15H24N2. The fourth-order valence-electron chi connectivity index (χ4n) is 2.66. The van der Waals surface area contributed by atoms with Crippen LogP contribution in [0, 0.1) is 0 Å². The molecule has 1 aromatic rings. The van der Waals surface area contributed by atoms with Gasteiger partial charge in [-0.1, -0.05) is 32.0 Å². The Labute approximate surface area is 105 Å². The molecule has 0 radical (unpaired) electrons. The predicted molar refractivity (Wildman–Crippen MR) is 74.6 cm³/mol. The molecule has 1 aromatic carbocycles. The minimum absolute atomic E-state index is 0.555. The third-order valence-electron chi connectivity index (χ3n) is 3.47. The van der Waals surface area contributed by atoms with E-state index in [2.05, 4.69) is 48.3 Å². The van der Waals surface area contributed by atoms with Gasteiger partial charge in [-0.2, -0.15) is 0 Å². The van der Waals surface area contributed by atoms with Gasteiger partial charge in [-0.05, 0) is 37.4 Å². The number of hydrogen-bond donors (Lipinski definition) is 1. The Hall–Kier alpha value is -1.02. The lowest BCUT2D eigenvalue weighted by atomic mass is 9.96. The van der Waals surface area contributed by atoms with Crippen molar-refractivity contribution in [1.29, 1.82) is 0 Å². The summed E-state index contributed by atoms with van der Waals surface area (Å²) in [4.78, 5) is 2.53. The fraction of sp³-hybridized carbons (Fsp3) is 0.600. The second-order valence-electron chi connectivity index (χ2n) is 4.84. The van der Waals surface area contributed by atoms with Crippen molar-refractivity contribution in [1.82, 2.24) is 5.32 Å². The molecule has 17 heavy (non-hydrogen) atoms. The summed E-state index contributed by atoms with van der Waals surface area (Å²) in [5, 5.41) is 3.66. The van der Waals surface area contributed by atoms with Crippen LogP contribution in [-0.2, 0) is 0 Å². The number of hydrogen-bond acceptors (Lipinski definition) is 2. The van der Waals surface area contributed by atoms with Gasteiger partial charge in [0, 0.05) is 24.8 Å². The molecule has 2 nitrogen and oxygen atoms in total. The molecule has 1 aliphatic heterocycles. The van der Waals surface area contributed by atoms with Gasteiger partial charge in [-0.3, -0.25) is 0 Å². The van der Waals surface area contributed by atoms with E-state index in [-0.39, 0.29) is 0 Å². The quantitative estimate of drug-likeness (QED) is 0.837. The SMILES string of the molecule is CCCNC1CCN(CCC)c2ccccc21. The molecule has 0 saturated heterocycles. The van der Waals surface area contributed by atoms with Crippen LogP contribution in [0.5, 0.6) is 0 Å². The van der Waals surface area contributed by atoms with Crippen molar-refractivity contribution in [3.63, 3.8) is 0 Å². The van der Waals surface area contributed by atoms with Crippen molar-refractivity contribution in [3.8, 4) is 0 Å². The molecule has 0 amide bonds. The van der Waals surface area contributed by atoms with E-state index in [0.29, 0.717) is 6.04 Å². The van der Waals surface area contributed by atoms with Crippen LogP contribution in [-0.4, -0.2) is 19.6 Å². The molecule has 0 fully saturated rings. The second kappa shape index (κ2) is 6.06. The zero-order valence-electron chi connectivity index (χ0n) is 11.1. The minimum atomic E-state index is 0.555. The summed E-state index contributed by atoms with van der Waals surface area (Å²) in [5.41, 5.74) is 2.93. The summed E-state index contributed by atoms with van der Waals surface area (Å²) in [6, 6.07) is 9.42. The molecule has 0 aliphatic carbocycles. The molecule has 94 valence electrons. The highest BCUT2D eigenvalue weighted by atomic mass is 15.1. The van der Waals surface area contributed by atoms with Crippen LogP contribution in [0.2, 0.25) is 0 Å². The maximum absolute atomic E-state index is 3.66. The number of para-hydroxylation sites is 1. The smallest absolute Gasteiger partial charge is 0.0414 e. The zero-order chi connectivity index (χ0) is 12.1. The lowest BCUT2D eigenvalue weighted by molar-refractivity contribution is 0.477. The van der Waals surface area contributed by atoms with Crippen LogP contribution in [0.15, 0.2) is 24.3 Å². The molecule has 2 heteroatoms. The van der Waals surface area contributed by atoms with E-state index in [1.807, 2.05) is 0 Å². The van der Waals surface area contributed by atoms with E-state index >= 15 is 0 Å². The largest absolute Gasteiger partial charge is 0.371 e. The Kier molecular flexibility index (Phi) is 4.43. The van der Waals surface area contributed by atoms with Gasteiger partial charge in [-0.25, -0.2) is 0 Å². The topological polar surface area (TPSA) is 15.3 Å². The standard InChI is InChI=1S/C15H24N2/c1-3-10-16-14-9-12-17(11-4-2)15-8-6-5-7-13(14)15/h5-8,14,16H,3-4,9-12H2,1-2H3. The summed E-state index contributed by atoms with van der Waals surface area (Å²) in [6.45, 7) is 7.96.